The van der Waals surface area contributed by atoms with E-state index in [-0.39, 0.29) is 0 Å². The van der Waals surface area contributed by atoms with Gasteiger partial charge < -0.3 is 5.32 Å². The van der Waals surface area contributed by atoms with Crippen molar-refractivity contribution in [1.29, 1.82) is 0 Å². The van der Waals surface area contributed by atoms with Crippen LogP contribution in [-0.4, -0.2) is 35.8 Å². The van der Waals surface area contributed by atoms with Crippen molar-refractivity contribution in [2.45, 2.75) is 78.4 Å². The van der Waals surface area contributed by atoms with Crippen LogP contribution in [0.1, 0.15) is 76.0 Å². The molecule has 40 heavy (non-hydrogen) atoms. The average molecular weight is 557 g/mol. The van der Waals surface area contributed by atoms with Gasteiger partial charge in [-0.3, -0.25) is 15.0 Å². The Morgan fingerprint density at radius 3 is 2.42 bits per heavy atom. The molecule has 1 saturated carbocycles. The van der Waals surface area contributed by atoms with Crippen molar-refractivity contribution >= 4 is 11.5 Å². The van der Waals surface area contributed by atoms with E-state index >= 15 is 0 Å². The number of hydrogen-bond donors (Lipinski definition) is 1. The molecular weight excluding hydrogens is 516 g/mol. The average Bonchev–Trinajstić information content (AvgIpc) is 2.89. The maximum Gasteiger partial charge on any atom is 0.432 e. The highest BCUT2D eigenvalue weighted by Gasteiger charge is 2.33. The van der Waals surface area contributed by atoms with E-state index in [1.807, 2.05) is 32.9 Å². The Bertz CT molecular complexity index is 1250. The van der Waals surface area contributed by atoms with Gasteiger partial charge in [0.15, 0.2) is 0 Å². The van der Waals surface area contributed by atoms with Crippen LogP contribution in [0.2, 0.25) is 0 Å². The van der Waals surface area contributed by atoms with Crippen molar-refractivity contribution in [3.8, 4) is 11.3 Å². The van der Waals surface area contributed by atoms with Gasteiger partial charge in [-0.1, -0.05) is 45.9 Å². The molecule has 0 aliphatic heterocycles. The zero-order chi connectivity index (χ0) is 29.9. The lowest BCUT2D eigenvalue weighted by Crippen LogP contribution is -2.24. The van der Waals surface area contributed by atoms with Crippen LogP contribution in [0.15, 0.2) is 77.0 Å². The summed E-state index contributed by atoms with van der Waals surface area (Å²) in [5, 5.41) is 3.27. The Morgan fingerprint density at radius 2 is 1.90 bits per heavy atom. The van der Waals surface area contributed by atoms with E-state index in [9.17, 15) is 17.6 Å². The Hall–Kier alpha value is -3.55. The van der Waals surface area contributed by atoms with Crippen molar-refractivity contribution in [2.75, 3.05) is 7.05 Å². The zero-order valence-electron chi connectivity index (χ0n) is 24.2. The first kappa shape index (κ1) is 32.7. The lowest BCUT2D eigenvalue weighted by Gasteiger charge is -2.29. The van der Waals surface area contributed by atoms with E-state index in [0.29, 0.717) is 23.0 Å². The predicted octanol–water partition coefficient (Wildman–Crippen LogP) is 8.88. The third kappa shape index (κ3) is 8.73. The van der Waals surface area contributed by atoms with E-state index in [4.69, 9.17) is 4.99 Å². The first-order valence-electron chi connectivity index (χ1n) is 13.7. The highest BCUT2D eigenvalue weighted by Crippen LogP contribution is 2.40. The molecule has 1 heterocycles. The molecule has 1 aliphatic rings. The Morgan fingerprint density at radius 1 is 1.20 bits per heavy atom. The van der Waals surface area contributed by atoms with Crippen molar-refractivity contribution in [1.82, 2.24) is 10.3 Å². The number of rotatable bonds is 9. The van der Waals surface area contributed by atoms with Crippen LogP contribution in [0, 0.1) is 12.7 Å². The summed E-state index contributed by atoms with van der Waals surface area (Å²) in [5.74, 6) is 0.584. The van der Waals surface area contributed by atoms with Crippen LogP contribution in [0.5, 0.6) is 0 Å². The molecule has 1 aromatic heterocycles. The molecule has 0 bridgehead atoms. The van der Waals surface area contributed by atoms with Crippen LogP contribution in [0.25, 0.3) is 11.3 Å². The van der Waals surface area contributed by atoms with Crippen LogP contribution in [-0.2, 0) is 0 Å². The molecule has 1 aliphatic carbocycles. The number of halogens is 4. The monoisotopic (exact) mass is 556 g/mol. The first-order valence-corrected chi connectivity index (χ1v) is 13.7. The second-order valence-corrected chi connectivity index (χ2v) is 9.35. The number of aromatic nitrogens is 1. The number of allylic oxidation sites excluding steroid dienone is 2. The van der Waals surface area contributed by atoms with Gasteiger partial charge in [-0.25, -0.2) is 4.39 Å². The number of benzene rings is 1. The summed E-state index contributed by atoms with van der Waals surface area (Å²) in [5.41, 5.74) is 4.04. The fraction of sp³-hybridized carbons (Fsp3) is 0.406. The zero-order valence-corrected chi connectivity index (χ0v) is 24.2. The van der Waals surface area contributed by atoms with E-state index in [1.54, 1.807) is 19.2 Å². The lowest BCUT2D eigenvalue weighted by molar-refractivity contribution is -0.0577. The second kappa shape index (κ2) is 15.3. The highest BCUT2D eigenvalue weighted by molar-refractivity contribution is 6.02. The molecule has 0 spiro atoms. The Balaban J connectivity index is 0.00000274. The predicted molar refractivity (Wildman–Crippen MR) is 159 cm³/mol. The van der Waals surface area contributed by atoms with E-state index in [0.717, 1.165) is 49.1 Å². The number of aliphatic imine (C=N–C) groups is 2. The third-order valence-electron chi connectivity index (χ3n) is 6.69. The molecule has 1 N–H and O–H groups in total. The van der Waals surface area contributed by atoms with Gasteiger partial charge in [0.05, 0.1) is 17.9 Å². The summed E-state index contributed by atoms with van der Waals surface area (Å²) in [4.78, 5) is 12.4. The number of alkyl halides is 3. The summed E-state index contributed by atoms with van der Waals surface area (Å²) in [6.45, 7) is 13.8. The molecule has 216 valence electrons. The van der Waals surface area contributed by atoms with Crippen molar-refractivity contribution in [3.05, 3.63) is 89.5 Å². The van der Waals surface area contributed by atoms with Gasteiger partial charge in [-0.05, 0) is 92.3 Å². The van der Waals surface area contributed by atoms with Crippen LogP contribution in [0.4, 0.5) is 17.6 Å². The van der Waals surface area contributed by atoms with Crippen molar-refractivity contribution in [2.24, 2.45) is 9.98 Å². The molecule has 1 atom stereocenters. The summed E-state index contributed by atoms with van der Waals surface area (Å²) in [6.07, 6.45) is 6.80. The molecule has 0 radical (unpaired) electrons. The van der Waals surface area contributed by atoms with Gasteiger partial charge in [0.1, 0.15) is 17.4 Å². The Labute approximate surface area is 235 Å². The van der Waals surface area contributed by atoms with E-state index in [1.165, 1.54) is 30.3 Å². The smallest absolute Gasteiger partial charge is 0.347 e. The summed E-state index contributed by atoms with van der Waals surface area (Å²) < 4.78 is 52.8. The number of nitrogens with one attached hydrogen (secondary N) is 1. The topological polar surface area (TPSA) is 49.6 Å². The molecule has 0 amide bonds. The molecule has 1 fully saturated rings. The molecule has 3 rings (SSSR count). The number of nitrogens with zero attached hydrogens (tertiary/aromatic N) is 3. The normalized spacial score (nSPS) is 15.6. The van der Waals surface area contributed by atoms with Gasteiger partial charge in [0, 0.05) is 18.2 Å². The minimum atomic E-state index is -4.54. The largest absolute Gasteiger partial charge is 0.432 e. The van der Waals surface area contributed by atoms with Gasteiger partial charge in [-0.15, -0.1) is 0 Å². The quantitative estimate of drug-likeness (QED) is 0.145. The number of pyridine rings is 1. The number of amidine groups is 1. The van der Waals surface area contributed by atoms with Crippen LogP contribution in [0.3, 0.4) is 0 Å². The summed E-state index contributed by atoms with van der Waals surface area (Å²) >= 11 is 0. The molecular formula is C32H40F4N4. The molecule has 8 heteroatoms. The molecule has 1 aromatic carbocycles. The fourth-order valence-corrected chi connectivity index (χ4v) is 4.16. The molecule has 1 unspecified atom stereocenters. The Kier molecular flexibility index (Phi) is 12.5. The van der Waals surface area contributed by atoms with Gasteiger partial charge in [-0.2, -0.15) is 13.2 Å². The van der Waals surface area contributed by atoms with Crippen LogP contribution < -0.4 is 5.32 Å². The fourth-order valence-electron chi connectivity index (χ4n) is 4.16. The summed E-state index contributed by atoms with van der Waals surface area (Å²) in [6, 6.07) is 6.61. The van der Waals surface area contributed by atoms with Gasteiger partial charge >= 0.3 is 6.18 Å². The standard InChI is InChI=1S/C30H34F4N4.C2H6/c1-6-7-15-36-29(38-21(4)19(2)11-14-28(35-5)30(32,33)34)26-17-23(27-13-12-24(31)18-37-27)16-25(20(26)3)22-9-8-10-22;1-2/h7,11-18,21-22H,2,6,8-10H2,1,3-5H3,(H,36,38);1-2H3/b14-11-,15-7+,35-28?;. The van der Waals surface area contributed by atoms with Crippen LogP contribution >= 0.6 is 0 Å². The number of hydrogen-bond acceptors (Lipinski definition) is 3. The molecule has 4 nitrogen and oxygen atoms in total. The SMILES string of the molecule is C=C(/C=C\C(=NC)C(F)(F)F)C(C)N=C(N/C=C/CC)c1cc(-c2ccc(F)cn2)cc(C2CCC2)c1C.CC. The molecule has 0 saturated heterocycles. The highest BCUT2D eigenvalue weighted by atomic mass is 19.4. The van der Waals surface area contributed by atoms with Crippen molar-refractivity contribution < 1.29 is 17.6 Å². The lowest BCUT2D eigenvalue weighted by atomic mass is 9.76. The minimum Gasteiger partial charge on any atom is -0.347 e. The molecule has 2 aromatic rings. The first-order chi connectivity index (χ1) is 19.0. The van der Waals surface area contributed by atoms with E-state index in [2.05, 4.69) is 34.9 Å². The summed E-state index contributed by atoms with van der Waals surface area (Å²) in [7, 11) is 1.10. The van der Waals surface area contributed by atoms with Gasteiger partial charge in [0.2, 0.25) is 0 Å². The third-order valence-corrected chi connectivity index (χ3v) is 6.69. The maximum atomic E-state index is 13.6. The van der Waals surface area contributed by atoms with Gasteiger partial charge in [0.25, 0.3) is 0 Å². The maximum absolute atomic E-state index is 13.6. The van der Waals surface area contributed by atoms with E-state index < -0.39 is 23.7 Å². The second-order valence-electron chi connectivity index (χ2n) is 9.35. The van der Waals surface area contributed by atoms with Crippen molar-refractivity contribution in [3.63, 3.8) is 0 Å². The minimum absolute atomic E-state index is 0.405.